The van der Waals surface area contributed by atoms with Crippen molar-refractivity contribution in [1.29, 1.82) is 0 Å². The SMILES string of the molecule is CCc1ccc(NC(=O)c2ccc(NCCO)c(Cl)c2)cc1O. The number of aryl methyl sites for hydroxylation is 1. The molecule has 0 heterocycles. The summed E-state index contributed by atoms with van der Waals surface area (Å²) in [4.78, 5) is 12.2. The molecule has 4 N–H and O–H groups in total. The Morgan fingerprint density at radius 1 is 1.22 bits per heavy atom. The zero-order valence-electron chi connectivity index (χ0n) is 12.8. The lowest BCUT2D eigenvalue weighted by Gasteiger charge is -2.10. The first-order chi connectivity index (χ1) is 11.0. The molecule has 0 bridgehead atoms. The molecule has 6 heteroatoms. The number of phenols is 1. The zero-order chi connectivity index (χ0) is 16.8. The second kappa shape index (κ2) is 7.85. The van der Waals surface area contributed by atoms with Crippen LogP contribution in [-0.4, -0.2) is 29.3 Å². The number of nitrogens with one attached hydrogen (secondary N) is 2. The van der Waals surface area contributed by atoms with Crippen LogP contribution in [0.1, 0.15) is 22.8 Å². The van der Waals surface area contributed by atoms with Crippen molar-refractivity contribution in [3.8, 4) is 5.75 Å². The van der Waals surface area contributed by atoms with Gasteiger partial charge in [0, 0.05) is 23.9 Å². The Kier molecular flexibility index (Phi) is 5.84. The molecule has 0 aliphatic rings. The number of carbonyl (C=O) groups is 1. The first kappa shape index (κ1) is 17.1. The van der Waals surface area contributed by atoms with Gasteiger partial charge < -0.3 is 20.8 Å². The van der Waals surface area contributed by atoms with Crippen molar-refractivity contribution in [3.63, 3.8) is 0 Å². The molecule has 2 aromatic carbocycles. The third-order valence-corrected chi connectivity index (χ3v) is 3.70. The van der Waals surface area contributed by atoms with Crippen LogP contribution in [0.15, 0.2) is 36.4 Å². The number of hydrogen-bond acceptors (Lipinski definition) is 4. The minimum absolute atomic E-state index is 0.00415. The van der Waals surface area contributed by atoms with Crippen LogP contribution in [0.25, 0.3) is 0 Å². The summed E-state index contributed by atoms with van der Waals surface area (Å²) < 4.78 is 0. The molecule has 5 nitrogen and oxygen atoms in total. The monoisotopic (exact) mass is 334 g/mol. The number of amides is 1. The second-order valence-corrected chi connectivity index (χ2v) is 5.40. The number of rotatable bonds is 6. The highest BCUT2D eigenvalue weighted by molar-refractivity contribution is 6.33. The molecule has 0 radical (unpaired) electrons. The van der Waals surface area contributed by atoms with Crippen LogP contribution in [0.5, 0.6) is 5.75 Å². The molecule has 0 atom stereocenters. The van der Waals surface area contributed by atoms with Gasteiger partial charge in [0.15, 0.2) is 0 Å². The number of benzene rings is 2. The van der Waals surface area contributed by atoms with Crippen molar-refractivity contribution in [2.75, 3.05) is 23.8 Å². The van der Waals surface area contributed by atoms with Gasteiger partial charge >= 0.3 is 0 Å². The average Bonchev–Trinajstić information content (AvgIpc) is 2.54. The smallest absolute Gasteiger partial charge is 0.255 e. The maximum absolute atomic E-state index is 12.2. The minimum atomic E-state index is -0.316. The molecule has 0 aromatic heterocycles. The van der Waals surface area contributed by atoms with Gasteiger partial charge in [0.1, 0.15) is 5.75 Å². The molecular formula is C17H19ClN2O3. The number of carbonyl (C=O) groups excluding carboxylic acids is 1. The summed E-state index contributed by atoms with van der Waals surface area (Å²) in [5.41, 5.74) is 2.40. The van der Waals surface area contributed by atoms with E-state index in [1.54, 1.807) is 30.3 Å². The largest absolute Gasteiger partial charge is 0.508 e. The zero-order valence-corrected chi connectivity index (χ0v) is 13.5. The Labute approximate surface area is 139 Å². The van der Waals surface area contributed by atoms with Crippen molar-refractivity contribution in [3.05, 3.63) is 52.5 Å². The molecule has 0 aliphatic heterocycles. The van der Waals surface area contributed by atoms with Crippen LogP contribution < -0.4 is 10.6 Å². The van der Waals surface area contributed by atoms with E-state index in [9.17, 15) is 9.90 Å². The number of phenolic OH excluding ortho intramolecular Hbond substituents is 1. The Morgan fingerprint density at radius 3 is 2.61 bits per heavy atom. The molecule has 0 spiro atoms. The van der Waals surface area contributed by atoms with Crippen LogP contribution in [0.2, 0.25) is 5.02 Å². The summed E-state index contributed by atoms with van der Waals surface area (Å²) in [5, 5.41) is 24.7. The Hall–Kier alpha value is -2.24. The lowest BCUT2D eigenvalue weighted by atomic mass is 10.1. The molecule has 2 aromatic rings. The van der Waals surface area contributed by atoms with Crippen molar-refractivity contribution in [2.45, 2.75) is 13.3 Å². The lowest BCUT2D eigenvalue weighted by molar-refractivity contribution is 0.102. The third kappa shape index (κ3) is 4.37. The quantitative estimate of drug-likeness (QED) is 0.653. The van der Waals surface area contributed by atoms with Gasteiger partial charge in [-0.05, 0) is 36.2 Å². The molecule has 23 heavy (non-hydrogen) atoms. The van der Waals surface area contributed by atoms with Crippen LogP contribution in [-0.2, 0) is 6.42 Å². The Balaban J connectivity index is 2.11. The van der Waals surface area contributed by atoms with E-state index in [2.05, 4.69) is 10.6 Å². The number of hydrogen-bond donors (Lipinski definition) is 4. The Morgan fingerprint density at radius 2 is 2.00 bits per heavy atom. The minimum Gasteiger partial charge on any atom is -0.508 e. The van der Waals surface area contributed by atoms with Gasteiger partial charge in [0.25, 0.3) is 5.91 Å². The van der Waals surface area contributed by atoms with Gasteiger partial charge in [-0.3, -0.25) is 4.79 Å². The van der Waals surface area contributed by atoms with Crippen LogP contribution in [0, 0.1) is 0 Å². The first-order valence-corrected chi connectivity index (χ1v) is 7.70. The van der Waals surface area contributed by atoms with E-state index in [0.717, 1.165) is 12.0 Å². The predicted octanol–water partition coefficient (Wildman–Crippen LogP) is 3.26. The van der Waals surface area contributed by atoms with Crippen molar-refractivity contribution >= 4 is 28.9 Å². The van der Waals surface area contributed by atoms with Gasteiger partial charge in [0.05, 0.1) is 17.3 Å². The Bertz CT molecular complexity index is 704. The number of halogens is 1. The molecule has 0 fully saturated rings. The van der Waals surface area contributed by atoms with E-state index in [0.29, 0.717) is 28.5 Å². The summed E-state index contributed by atoms with van der Waals surface area (Å²) in [7, 11) is 0. The van der Waals surface area contributed by atoms with Gasteiger partial charge in [-0.2, -0.15) is 0 Å². The summed E-state index contributed by atoms with van der Waals surface area (Å²) >= 11 is 6.11. The normalized spacial score (nSPS) is 10.4. The number of aliphatic hydroxyl groups excluding tert-OH is 1. The fourth-order valence-corrected chi connectivity index (χ4v) is 2.38. The fourth-order valence-electron chi connectivity index (χ4n) is 2.13. The fraction of sp³-hybridized carbons (Fsp3) is 0.235. The van der Waals surface area contributed by atoms with Crippen LogP contribution in [0.4, 0.5) is 11.4 Å². The highest BCUT2D eigenvalue weighted by Crippen LogP contribution is 2.25. The van der Waals surface area contributed by atoms with Gasteiger partial charge in [0.2, 0.25) is 0 Å². The van der Waals surface area contributed by atoms with Gasteiger partial charge in [-0.1, -0.05) is 24.6 Å². The highest BCUT2D eigenvalue weighted by atomic mass is 35.5. The van der Waals surface area contributed by atoms with E-state index in [1.165, 1.54) is 6.07 Å². The molecule has 0 unspecified atom stereocenters. The number of aromatic hydroxyl groups is 1. The molecule has 1 amide bonds. The highest BCUT2D eigenvalue weighted by Gasteiger charge is 2.10. The van der Waals surface area contributed by atoms with E-state index >= 15 is 0 Å². The molecular weight excluding hydrogens is 316 g/mol. The van der Waals surface area contributed by atoms with E-state index in [1.807, 2.05) is 6.92 Å². The standard InChI is InChI=1S/C17H19ClN2O3/c1-2-11-3-5-13(10-16(11)22)20-17(23)12-4-6-15(14(18)9-12)19-7-8-21/h3-6,9-10,19,21-22H,2,7-8H2,1H3,(H,20,23). The molecule has 0 saturated heterocycles. The molecule has 0 aliphatic carbocycles. The molecule has 0 saturated carbocycles. The summed E-state index contributed by atoms with van der Waals surface area (Å²) in [6.45, 7) is 2.33. The second-order valence-electron chi connectivity index (χ2n) is 5.00. The maximum atomic E-state index is 12.2. The first-order valence-electron chi connectivity index (χ1n) is 7.32. The van der Waals surface area contributed by atoms with Crippen molar-refractivity contribution in [1.82, 2.24) is 0 Å². The average molecular weight is 335 g/mol. The summed E-state index contributed by atoms with van der Waals surface area (Å²) in [6, 6.07) is 9.92. The number of aliphatic hydroxyl groups is 1. The van der Waals surface area contributed by atoms with Crippen LogP contribution >= 0.6 is 11.6 Å². The van der Waals surface area contributed by atoms with Gasteiger partial charge in [-0.15, -0.1) is 0 Å². The van der Waals surface area contributed by atoms with Gasteiger partial charge in [-0.25, -0.2) is 0 Å². The van der Waals surface area contributed by atoms with E-state index in [-0.39, 0.29) is 18.3 Å². The molecule has 2 rings (SSSR count). The lowest BCUT2D eigenvalue weighted by Crippen LogP contribution is -2.12. The topological polar surface area (TPSA) is 81.6 Å². The van der Waals surface area contributed by atoms with Crippen LogP contribution in [0.3, 0.4) is 0 Å². The number of anilines is 2. The van der Waals surface area contributed by atoms with E-state index < -0.39 is 0 Å². The van der Waals surface area contributed by atoms with E-state index in [4.69, 9.17) is 16.7 Å². The summed E-state index contributed by atoms with van der Waals surface area (Å²) in [6.07, 6.45) is 0.720. The maximum Gasteiger partial charge on any atom is 0.255 e. The van der Waals surface area contributed by atoms with Crippen molar-refractivity contribution < 1.29 is 15.0 Å². The van der Waals surface area contributed by atoms with Crippen molar-refractivity contribution in [2.24, 2.45) is 0 Å². The molecule has 122 valence electrons. The predicted molar refractivity (Wildman–Crippen MR) is 92.5 cm³/mol. The summed E-state index contributed by atoms with van der Waals surface area (Å²) in [5.74, 6) is -0.156. The third-order valence-electron chi connectivity index (χ3n) is 3.38.